The number of fused-ring (bicyclic) bond motifs is 1. The van der Waals surface area contributed by atoms with Crippen LogP contribution < -0.4 is 10.1 Å². The van der Waals surface area contributed by atoms with E-state index in [0.29, 0.717) is 0 Å². The second kappa shape index (κ2) is 4.71. The van der Waals surface area contributed by atoms with Crippen LogP contribution in [-0.2, 0) is 13.0 Å². The van der Waals surface area contributed by atoms with Gasteiger partial charge in [-0.1, -0.05) is 0 Å². The first-order chi connectivity index (χ1) is 8.78. The highest BCUT2D eigenvalue weighted by Gasteiger charge is 2.15. The molecule has 0 bridgehead atoms. The minimum absolute atomic E-state index is 0.904. The van der Waals surface area contributed by atoms with E-state index in [1.807, 2.05) is 17.4 Å². The number of hydrogen-bond donors (Lipinski definition) is 1. The Labute approximate surface area is 111 Å². The average Bonchev–Trinajstić information content (AvgIpc) is 2.82. The Balaban J connectivity index is 1.99. The van der Waals surface area contributed by atoms with E-state index in [2.05, 4.69) is 24.4 Å². The third-order valence-electron chi connectivity index (χ3n) is 3.24. The molecule has 2 heterocycles. The number of hydrogen-bond acceptors (Lipinski definition) is 4. The Morgan fingerprint density at radius 3 is 3.00 bits per heavy atom. The zero-order valence-electron chi connectivity index (χ0n) is 10.6. The van der Waals surface area contributed by atoms with Gasteiger partial charge in [-0.25, -0.2) is 4.98 Å². The lowest BCUT2D eigenvalue weighted by molar-refractivity contribution is 0.412. The van der Waals surface area contributed by atoms with Gasteiger partial charge in [0.1, 0.15) is 10.8 Å². The van der Waals surface area contributed by atoms with Crippen molar-refractivity contribution >= 4 is 11.3 Å². The number of nitrogens with zero attached hydrogens (tertiary/aromatic N) is 1. The molecule has 0 unspecified atom stereocenters. The molecule has 0 atom stereocenters. The maximum absolute atomic E-state index is 5.29. The average molecular weight is 260 g/mol. The highest BCUT2D eigenvalue weighted by atomic mass is 32.1. The van der Waals surface area contributed by atoms with E-state index in [1.54, 1.807) is 7.11 Å². The SMILES string of the molecule is COc1ccc(-c2nc3c(s2)CCNC3)cc1C. The van der Waals surface area contributed by atoms with Gasteiger partial charge >= 0.3 is 0 Å². The van der Waals surface area contributed by atoms with Gasteiger partial charge in [0, 0.05) is 23.5 Å². The second-order valence-electron chi connectivity index (χ2n) is 4.50. The van der Waals surface area contributed by atoms with Crippen LogP contribution in [0.1, 0.15) is 16.1 Å². The Morgan fingerprint density at radius 1 is 1.39 bits per heavy atom. The Bertz CT molecular complexity index is 554. The molecule has 3 rings (SSSR count). The van der Waals surface area contributed by atoms with E-state index >= 15 is 0 Å². The van der Waals surface area contributed by atoms with Gasteiger partial charge in [-0.05, 0) is 37.1 Å². The molecule has 1 aromatic heterocycles. The number of methoxy groups -OCH3 is 1. The minimum Gasteiger partial charge on any atom is -0.496 e. The molecular formula is C14H16N2OS. The van der Waals surface area contributed by atoms with E-state index in [4.69, 9.17) is 9.72 Å². The number of benzene rings is 1. The summed E-state index contributed by atoms with van der Waals surface area (Å²) in [5.41, 5.74) is 3.56. The van der Waals surface area contributed by atoms with Crippen molar-refractivity contribution in [3.63, 3.8) is 0 Å². The summed E-state index contributed by atoms with van der Waals surface area (Å²) >= 11 is 1.82. The van der Waals surface area contributed by atoms with Gasteiger partial charge in [0.05, 0.1) is 12.8 Å². The van der Waals surface area contributed by atoms with Crippen molar-refractivity contribution in [2.75, 3.05) is 13.7 Å². The van der Waals surface area contributed by atoms with Crippen LogP contribution in [-0.4, -0.2) is 18.6 Å². The van der Waals surface area contributed by atoms with Crippen LogP contribution in [0.15, 0.2) is 18.2 Å². The number of rotatable bonds is 2. The zero-order valence-corrected chi connectivity index (χ0v) is 11.4. The number of aryl methyl sites for hydroxylation is 1. The fraction of sp³-hybridized carbons (Fsp3) is 0.357. The summed E-state index contributed by atoms with van der Waals surface area (Å²) in [6.07, 6.45) is 1.10. The molecule has 94 valence electrons. The van der Waals surface area contributed by atoms with Crippen LogP contribution in [0.4, 0.5) is 0 Å². The van der Waals surface area contributed by atoms with Crippen LogP contribution >= 0.6 is 11.3 Å². The lowest BCUT2D eigenvalue weighted by Gasteiger charge is -2.09. The first kappa shape index (κ1) is 11.7. The lowest BCUT2D eigenvalue weighted by Crippen LogP contribution is -2.22. The Morgan fingerprint density at radius 2 is 2.28 bits per heavy atom. The van der Waals surface area contributed by atoms with Gasteiger partial charge < -0.3 is 10.1 Å². The van der Waals surface area contributed by atoms with Crippen LogP contribution in [0.25, 0.3) is 10.6 Å². The fourth-order valence-electron chi connectivity index (χ4n) is 2.26. The Hall–Kier alpha value is -1.39. The van der Waals surface area contributed by atoms with Gasteiger partial charge in [-0.2, -0.15) is 0 Å². The van der Waals surface area contributed by atoms with Gasteiger partial charge in [-0.3, -0.25) is 0 Å². The molecule has 0 fully saturated rings. The van der Waals surface area contributed by atoms with Gasteiger partial charge in [0.2, 0.25) is 0 Å². The smallest absolute Gasteiger partial charge is 0.123 e. The molecule has 0 aliphatic carbocycles. The maximum atomic E-state index is 5.29. The first-order valence-electron chi connectivity index (χ1n) is 6.12. The topological polar surface area (TPSA) is 34.1 Å². The molecule has 2 aromatic rings. The van der Waals surface area contributed by atoms with E-state index in [0.717, 1.165) is 35.8 Å². The van der Waals surface area contributed by atoms with Crippen LogP contribution in [0.2, 0.25) is 0 Å². The predicted octanol–water partition coefficient (Wildman–Crippen LogP) is 2.77. The van der Waals surface area contributed by atoms with Gasteiger partial charge in [-0.15, -0.1) is 11.3 Å². The van der Waals surface area contributed by atoms with Crippen LogP contribution in [0.5, 0.6) is 5.75 Å². The molecule has 0 spiro atoms. The molecule has 0 saturated heterocycles. The lowest BCUT2D eigenvalue weighted by atomic mass is 10.1. The molecular weight excluding hydrogens is 244 g/mol. The van der Waals surface area contributed by atoms with E-state index in [-0.39, 0.29) is 0 Å². The summed E-state index contributed by atoms with van der Waals surface area (Å²) < 4.78 is 5.29. The standard InChI is InChI=1S/C14H16N2OS/c1-9-7-10(3-4-12(9)17-2)14-16-11-8-15-6-5-13(11)18-14/h3-4,7,15H,5-6,8H2,1-2H3. The van der Waals surface area contributed by atoms with Crippen LogP contribution in [0, 0.1) is 6.92 Å². The van der Waals surface area contributed by atoms with Crippen molar-refractivity contribution in [2.45, 2.75) is 19.9 Å². The highest BCUT2D eigenvalue weighted by molar-refractivity contribution is 7.15. The molecule has 1 N–H and O–H groups in total. The van der Waals surface area contributed by atoms with Gasteiger partial charge in [0.25, 0.3) is 0 Å². The highest BCUT2D eigenvalue weighted by Crippen LogP contribution is 2.32. The summed E-state index contributed by atoms with van der Waals surface area (Å²) in [5.74, 6) is 0.932. The molecule has 0 amide bonds. The largest absolute Gasteiger partial charge is 0.496 e. The first-order valence-corrected chi connectivity index (χ1v) is 6.94. The summed E-state index contributed by atoms with van der Waals surface area (Å²) in [4.78, 5) is 6.16. The van der Waals surface area contributed by atoms with E-state index in [1.165, 1.54) is 16.1 Å². The van der Waals surface area contributed by atoms with E-state index < -0.39 is 0 Å². The van der Waals surface area contributed by atoms with Crippen LogP contribution in [0.3, 0.4) is 0 Å². The molecule has 3 nitrogen and oxygen atoms in total. The van der Waals surface area contributed by atoms with Crippen molar-refractivity contribution in [2.24, 2.45) is 0 Å². The zero-order chi connectivity index (χ0) is 12.5. The molecule has 1 aliphatic heterocycles. The minimum atomic E-state index is 0.904. The summed E-state index contributed by atoms with van der Waals surface area (Å²) in [7, 11) is 1.70. The number of nitrogens with one attached hydrogen (secondary N) is 1. The normalized spacial score (nSPS) is 14.3. The van der Waals surface area contributed by atoms with Crippen molar-refractivity contribution in [3.05, 3.63) is 34.3 Å². The molecule has 0 saturated carbocycles. The number of thiazole rings is 1. The van der Waals surface area contributed by atoms with Crippen molar-refractivity contribution in [1.29, 1.82) is 0 Å². The fourth-order valence-corrected chi connectivity index (χ4v) is 3.33. The van der Waals surface area contributed by atoms with Crippen molar-refractivity contribution in [1.82, 2.24) is 10.3 Å². The summed E-state index contributed by atoms with van der Waals surface area (Å²) in [5, 5.41) is 4.48. The number of aromatic nitrogens is 1. The molecule has 1 aromatic carbocycles. The number of ether oxygens (including phenoxy) is 1. The summed E-state index contributed by atoms with van der Waals surface area (Å²) in [6, 6.07) is 6.25. The second-order valence-corrected chi connectivity index (χ2v) is 5.58. The van der Waals surface area contributed by atoms with E-state index in [9.17, 15) is 0 Å². The van der Waals surface area contributed by atoms with Crippen molar-refractivity contribution < 1.29 is 4.74 Å². The quantitative estimate of drug-likeness (QED) is 0.901. The molecule has 1 aliphatic rings. The monoisotopic (exact) mass is 260 g/mol. The summed E-state index contributed by atoms with van der Waals surface area (Å²) in [6.45, 7) is 4.04. The third kappa shape index (κ3) is 2.02. The van der Waals surface area contributed by atoms with Crippen molar-refractivity contribution in [3.8, 4) is 16.3 Å². The molecule has 4 heteroatoms. The van der Waals surface area contributed by atoms with Gasteiger partial charge in [0.15, 0.2) is 0 Å². The maximum Gasteiger partial charge on any atom is 0.123 e. The third-order valence-corrected chi connectivity index (χ3v) is 4.45. The Kier molecular flexibility index (Phi) is 3.06. The molecule has 18 heavy (non-hydrogen) atoms. The predicted molar refractivity (Wildman–Crippen MR) is 74.2 cm³/mol. The molecule has 0 radical (unpaired) electrons.